The largest absolute Gasteiger partial charge is 0.433 e. The summed E-state index contributed by atoms with van der Waals surface area (Å²) < 4.78 is 53.0. The van der Waals surface area contributed by atoms with Crippen molar-refractivity contribution in [2.45, 2.75) is 18.6 Å². The summed E-state index contributed by atoms with van der Waals surface area (Å²) in [5, 5.41) is 5.69. The molecule has 2 aromatic rings. The standard InChI is InChI=1S/C19H18F4N4O.ClH/c20-14-9-13-11(2-5-27-6-4-24-10-16(13)27)7-15(14)26-18(28)12-1-3-25-17(8-12)19(21,22)23;/h1,3,7-9,16,24H,2,4-6,10H2,(H,26,28);1H/t16-;/m0./s1. The van der Waals surface area contributed by atoms with Crippen LogP contribution in [0.15, 0.2) is 30.5 Å². The molecule has 1 aromatic heterocycles. The van der Waals surface area contributed by atoms with E-state index in [-0.39, 0.29) is 29.7 Å². The second kappa shape index (κ2) is 8.25. The highest BCUT2D eigenvalue weighted by molar-refractivity contribution is 6.04. The fourth-order valence-corrected chi connectivity index (χ4v) is 3.76. The molecule has 0 saturated carbocycles. The molecule has 1 saturated heterocycles. The van der Waals surface area contributed by atoms with Crippen molar-refractivity contribution in [3.05, 3.63) is 58.7 Å². The predicted molar refractivity (Wildman–Crippen MR) is 102 cm³/mol. The fraction of sp³-hybridized carbons (Fsp3) is 0.368. The van der Waals surface area contributed by atoms with Gasteiger partial charge in [-0.05, 0) is 41.8 Å². The lowest BCUT2D eigenvalue weighted by Crippen LogP contribution is -2.48. The van der Waals surface area contributed by atoms with Crippen LogP contribution in [0.1, 0.15) is 33.2 Å². The lowest BCUT2D eigenvalue weighted by atomic mass is 9.90. The van der Waals surface area contributed by atoms with Gasteiger partial charge in [-0.25, -0.2) is 4.39 Å². The fourth-order valence-electron chi connectivity index (χ4n) is 3.76. The van der Waals surface area contributed by atoms with Crippen molar-refractivity contribution >= 4 is 24.0 Å². The molecule has 1 aromatic carbocycles. The van der Waals surface area contributed by atoms with Crippen LogP contribution < -0.4 is 10.6 Å². The number of carbonyl (C=O) groups is 1. The maximum absolute atomic E-state index is 14.6. The lowest BCUT2D eigenvalue weighted by Gasteiger charge is -2.41. The molecule has 0 bridgehead atoms. The van der Waals surface area contributed by atoms with Gasteiger partial charge in [0, 0.05) is 44.0 Å². The van der Waals surface area contributed by atoms with Gasteiger partial charge in [-0.3, -0.25) is 14.7 Å². The average molecular weight is 431 g/mol. The van der Waals surface area contributed by atoms with Gasteiger partial charge in [-0.1, -0.05) is 0 Å². The number of piperazine rings is 1. The quantitative estimate of drug-likeness (QED) is 0.717. The molecule has 5 nitrogen and oxygen atoms in total. The van der Waals surface area contributed by atoms with Crippen LogP contribution in [0.4, 0.5) is 23.2 Å². The molecule has 2 N–H and O–H groups in total. The van der Waals surface area contributed by atoms with Crippen molar-refractivity contribution in [2.75, 3.05) is 31.5 Å². The van der Waals surface area contributed by atoms with E-state index >= 15 is 0 Å². The van der Waals surface area contributed by atoms with Crippen molar-refractivity contribution in [3.63, 3.8) is 0 Å². The first-order chi connectivity index (χ1) is 13.3. The van der Waals surface area contributed by atoms with Gasteiger partial charge in [0.15, 0.2) is 0 Å². The van der Waals surface area contributed by atoms with Gasteiger partial charge in [0.25, 0.3) is 5.91 Å². The second-order valence-corrected chi connectivity index (χ2v) is 6.92. The molecular formula is C19H19ClF4N4O. The highest BCUT2D eigenvalue weighted by Gasteiger charge is 2.33. The van der Waals surface area contributed by atoms with Gasteiger partial charge >= 0.3 is 6.18 Å². The Kier molecular flexibility index (Phi) is 6.11. The smallest absolute Gasteiger partial charge is 0.319 e. The molecule has 2 aliphatic heterocycles. The van der Waals surface area contributed by atoms with Crippen molar-refractivity contribution < 1.29 is 22.4 Å². The summed E-state index contributed by atoms with van der Waals surface area (Å²) >= 11 is 0. The van der Waals surface area contributed by atoms with Crippen LogP contribution in [-0.4, -0.2) is 42.0 Å². The predicted octanol–water partition coefficient (Wildman–Crippen LogP) is 3.42. The minimum atomic E-state index is -4.66. The number of nitrogens with one attached hydrogen (secondary N) is 2. The Balaban J connectivity index is 0.00000240. The van der Waals surface area contributed by atoms with E-state index in [2.05, 4.69) is 20.5 Å². The van der Waals surface area contributed by atoms with Gasteiger partial charge in [-0.2, -0.15) is 13.2 Å². The van der Waals surface area contributed by atoms with Crippen LogP contribution in [0.2, 0.25) is 0 Å². The number of carbonyl (C=O) groups excluding carboxylic acids is 1. The molecule has 1 fully saturated rings. The summed E-state index contributed by atoms with van der Waals surface area (Å²) in [6.45, 7) is 3.37. The number of rotatable bonds is 2. The number of anilines is 1. The van der Waals surface area contributed by atoms with E-state index < -0.39 is 23.6 Å². The van der Waals surface area contributed by atoms with Crippen molar-refractivity contribution in [1.29, 1.82) is 0 Å². The lowest BCUT2D eigenvalue weighted by molar-refractivity contribution is -0.141. The van der Waals surface area contributed by atoms with Gasteiger partial charge in [0.05, 0.1) is 5.69 Å². The van der Waals surface area contributed by atoms with Crippen LogP contribution in [0, 0.1) is 5.82 Å². The Morgan fingerprint density at radius 2 is 2.03 bits per heavy atom. The molecular weight excluding hydrogens is 412 g/mol. The van der Waals surface area contributed by atoms with E-state index in [0.717, 1.165) is 56.0 Å². The third kappa shape index (κ3) is 4.36. The molecule has 10 heteroatoms. The zero-order valence-electron chi connectivity index (χ0n) is 15.2. The maximum atomic E-state index is 14.6. The Hall–Kier alpha value is -2.23. The molecule has 0 unspecified atom stereocenters. The summed E-state index contributed by atoms with van der Waals surface area (Å²) in [4.78, 5) is 17.9. The first-order valence-corrected chi connectivity index (χ1v) is 8.94. The Morgan fingerprint density at radius 1 is 1.24 bits per heavy atom. The normalized spacial score (nSPS) is 19.0. The molecule has 1 atom stereocenters. The Morgan fingerprint density at radius 3 is 2.79 bits per heavy atom. The van der Waals surface area contributed by atoms with Crippen LogP contribution in [0.25, 0.3) is 0 Å². The SMILES string of the molecule is Cl.O=C(Nc1cc2c(cc1F)[C@@H]1CNCCN1CC2)c1ccnc(C(F)(F)F)c1. The highest BCUT2D eigenvalue weighted by atomic mass is 35.5. The summed E-state index contributed by atoms with van der Waals surface area (Å²) in [5.74, 6) is -1.42. The number of halogens is 5. The van der Waals surface area contributed by atoms with Crippen LogP contribution in [0.5, 0.6) is 0 Å². The minimum absolute atomic E-state index is 0. The minimum Gasteiger partial charge on any atom is -0.319 e. The zero-order valence-corrected chi connectivity index (χ0v) is 16.0. The molecule has 0 spiro atoms. The van der Waals surface area contributed by atoms with Crippen LogP contribution in [-0.2, 0) is 12.6 Å². The first-order valence-electron chi connectivity index (χ1n) is 8.94. The molecule has 4 rings (SSSR count). The summed E-state index contributed by atoms with van der Waals surface area (Å²) in [6.07, 6.45) is -3.03. The van der Waals surface area contributed by atoms with E-state index in [0.29, 0.717) is 6.07 Å². The van der Waals surface area contributed by atoms with Gasteiger partial charge in [0.2, 0.25) is 0 Å². The number of nitrogens with zero attached hydrogens (tertiary/aromatic N) is 2. The van der Waals surface area contributed by atoms with Gasteiger partial charge in [0.1, 0.15) is 11.5 Å². The molecule has 1 amide bonds. The van der Waals surface area contributed by atoms with Crippen LogP contribution in [0.3, 0.4) is 0 Å². The number of hydrogen-bond donors (Lipinski definition) is 2. The van der Waals surface area contributed by atoms with Gasteiger partial charge < -0.3 is 10.6 Å². The Bertz CT molecular complexity index is 922. The third-order valence-electron chi connectivity index (χ3n) is 5.17. The average Bonchev–Trinajstić information content (AvgIpc) is 2.68. The number of hydrogen-bond acceptors (Lipinski definition) is 4. The number of amides is 1. The number of alkyl halides is 3. The zero-order chi connectivity index (χ0) is 19.9. The molecule has 3 heterocycles. The van der Waals surface area contributed by atoms with E-state index in [9.17, 15) is 22.4 Å². The van der Waals surface area contributed by atoms with Crippen LogP contribution >= 0.6 is 12.4 Å². The first kappa shape index (κ1) is 21.5. The Labute approximate surface area is 170 Å². The summed E-state index contributed by atoms with van der Waals surface area (Å²) in [5.41, 5.74) is 0.383. The molecule has 156 valence electrons. The number of benzene rings is 1. The number of fused-ring (bicyclic) bond motifs is 3. The van der Waals surface area contributed by atoms with Crippen molar-refractivity contribution in [3.8, 4) is 0 Å². The number of pyridine rings is 1. The van der Waals surface area contributed by atoms with E-state index in [1.165, 1.54) is 6.07 Å². The van der Waals surface area contributed by atoms with Crippen molar-refractivity contribution in [2.24, 2.45) is 0 Å². The van der Waals surface area contributed by atoms with Crippen molar-refractivity contribution in [1.82, 2.24) is 15.2 Å². The van der Waals surface area contributed by atoms with E-state index in [4.69, 9.17) is 0 Å². The topological polar surface area (TPSA) is 57.3 Å². The molecule has 0 aliphatic carbocycles. The summed E-state index contributed by atoms with van der Waals surface area (Å²) in [6, 6.07) is 4.90. The maximum Gasteiger partial charge on any atom is 0.433 e. The van der Waals surface area contributed by atoms with E-state index in [1.54, 1.807) is 6.07 Å². The molecule has 2 aliphatic rings. The highest BCUT2D eigenvalue weighted by Crippen LogP contribution is 2.34. The monoisotopic (exact) mass is 430 g/mol. The third-order valence-corrected chi connectivity index (χ3v) is 5.17. The van der Waals surface area contributed by atoms with E-state index in [1.807, 2.05) is 0 Å². The number of aromatic nitrogens is 1. The van der Waals surface area contributed by atoms with Gasteiger partial charge in [-0.15, -0.1) is 12.4 Å². The summed E-state index contributed by atoms with van der Waals surface area (Å²) in [7, 11) is 0. The molecule has 0 radical (unpaired) electrons. The second-order valence-electron chi connectivity index (χ2n) is 6.92. The molecule has 29 heavy (non-hydrogen) atoms.